The highest BCUT2D eigenvalue weighted by Crippen LogP contribution is 2.51. The molecule has 32 heavy (non-hydrogen) atoms. The maximum Gasteiger partial charge on any atom is 0.374 e. The van der Waals surface area contributed by atoms with Crippen molar-refractivity contribution in [3.63, 3.8) is 0 Å². The average molecular weight is 504 g/mol. The number of aldehydes is 1. The molecule has 0 unspecified atom stereocenters. The summed E-state index contributed by atoms with van der Waals surface area (Å²) in [6, 6.07) is 10.1. The topological polar surface area (TPSA) is 66.8 Å². The molecular weight excluding hydrogens is 477 g/mol. The first kappa shape index (κ1) is 25.5. The van der Waals surface area contributed by atoms with Crippen LogP contribution < -0.4 is 0 Å². The van der Waals surface area contributed by atoms with Crippen LogP contribution in [-0.4, -0.2) is 34.9 Å². The second-order valence-corrected chi connectivity index (χ2v) is 8.47. The van der Waals surface area contributed by atoms with E-state index < -0.39 is 5.97 Å². The lowest BCUT2D eigenvalue weighted by Crippen LogP contribution is -2.54. The molecule has 1 spiro atoms. The normalized spacial score (nSPS) is 20.8. The highest BCUT2D eigenvalue weighted by Gasteiger charge is 2.47. The summed E-state index contributed by atoms with van der Waals surface area (Å²) >= 11 is 3.37. The van der Waals surface area contributed by atoms with Gasteiger partial charge >= 0.3 is 5.97 Å². The van der Waals surface area contributed by atoms with E-state index in [4.69, 9.17) is 5.11 Å². The Morgan fingerprint density at radius 2 is 1.97 bits per heavy atom. The van der Waals surface area contributed by atoms with Crippen LogP contribution in [0.5, 0.6) is 0 Å². The van der Waals surface area contributed by atoms with E-state index in [0.29, 0.717) is 16.5 Å². The van der Waals surface area contributed by atoms with Crippen LogP contribution in [0.2, 0.25) is 0 Å². The summed E-state index contributed by atoms with van der Waals surface area (Å²) in [6.07, 6.45) is 13.1. The Kier molecular flexibility index (Phi) is 9.81. The second-order valence-electron chi connectivity index (χ2n) is 7.45. The van der Waals surface area contributed by atoms with Crippen LogP contribution in [0.15, 0.2) is 88.7 Å². The molecule has 7 heteroatoms. The maximum absolute atomic E-state index is 12.6. The summed E-state index contributed by atoms with van der Waals surface area (Å²) in [5.74, 6) is -1.10. The zero-order valence-corrected chi connectivity index (χ0v) is 19.6. The number of carbonyl (C=O) groups is 2. The SMILES string of the molecule is C=C(Br)/C=C1C(=C/Cc2ccccc2)\CC2(CCC2)N(/C=C/C=O)C\1=C/C(=O)OF.CO. The van der Waals surface area contributed by atoms with Gasteiger partial charge < -0.3 is 10.0 Å². The van der Waals surface area contributed by atoms with Gasteiger partial charge in [0.2, 0.25) is 0 Å². The van der Waals surface area contributed by atoms with Gasteiger partial charge in [-0.2, -0.15) is 0 Å². The number of piperidine rings is 1. The van der Waals surface area contributed by atoms with E-state index in [2.05, 4.69) is 45.7 Å². The molecule has 0 amide bonds. The molecule has 5 nitrogen and oxygen atoms in total. The molecule has 1 heterocycles. The molecule has 170 valence electrons. The molecule has 1 aliphatic heterocycles. The Balaban J connectivity index is 0.00000176. The van der Waals surface area contributed by atoms with Crippen molar-refractivity contribution in [1.29, 1.82) is 0 Å². The van der Waals surface area contributed by atoms with Gasteiger partial charge in [-0.25, -0.2) is 9.74 Å². The Morgan fingerprint density at radius 3 is 2.50 bits per heavy atom. The molecule has 1 aliphatic carbocycles. The quantitative estimate of drug-likeness (QED) is 0.424. The van der Waals surface area contributed by atoms with Crippen molar-refractivity contribution in [2.75, 3.05) is 7.11 Å². The number of carbonyl (C=O) groups excluding carboxylic acids is 2. The lowest BCUT2D eigenvalue weighted by molar-refractivity contribution is -0.176. The van der Waals surface area contributed by atoms with Crippen molar-refractivity contribution in [2.24, 2.45) is 0 Å². The van der Waals surface area contributed by atoms with Gasteiger partial charge in [0.05, 0.1) is 11.8 Å². The summed E-state index contributed by atoms with van der Waals surface area (Å²) < 4.78 is 13.2. The molecule has 1 N–H and O–H groups in total. The largest absolute Gasteiger partial charge is 0.400 e. The number of aliphatic hydroxyl groups excluding tert-OH is 1. The van der Waals surface area contributed by atoms with E-state index in [1.54, 1.807) is 12.3 Å². The first-order valence-electron chi connectivity index (χ1n) is 10.2. The fourth-order valence-corrected chi connectivity index (χ4v) is 4.32. The van der Waals surface area contributed by atoms with Crippen molar-refractivity contribution in [3.8, 4) is 0 Å². The van der Waals surface area contributed by atoms with Crippen LogP contribution in [-0.2, 0) is 21.0 Å². The van der Waals surface area contributed by atoms with Gasteiger partial charge in [0.1, 0.15) is 6.29 Å². The molecule has 1 aromatic rings. The molecule has 1 aromatic carbocycles. The molecule has 0 aromatic heterocycles. The Labute approximate surface area is 196 Å². The lowest BCUT2D eigenvalue weighted by Gasteiger charge is -2.55. The predicted molar refractivity (Wildman–Crippen MR) is 126 cm³/mol. The minimum absolute atomic E-state index is 0.255. The number of rotatable bonds is 6. The average Bonchev–Trinajstić information content (AvgIpc) is 2.78. The molecule has 0 bridgehead atoms. The monoisotopic (exact) mass is 503 g/mol. The van der Waals surface area contributed by atoms with E-state index in [9.17, 15) is 14.1 Å². The number of benzene rings is 1. The van der Waals surface area contributed by atoms with Gasteiger partial charge in [-0.3, -0.25) is 4.79 Å². The molecule has 0 atom stereocenters. The molecule has 1 saturated heterocycles. The van der Waals surface area contributed by atoms with Gasteiger partial charge in [0.15, 0.2) is 0 Å². The number of likely N-dealkylation sites (tertiary alicyclic amines) is 1. The Hall–Kier alpha value is -2.77. The smallest absolute Gasteiger partial charge is 0.374 e. The van der Waals surface area contributed by atoms with E-state index >= 15 is 0 Å². The van der Waals surface area contributed by atoms with Crippen LogP contribution in [0.4, 0.5) is 4.53 Å². The van der Waals surface area contributed by atoms with Crippen LogP contribution in [0.25, 0.3) is 0 Å². The number of hydrogen-bond donors (Lipinski definition) is 1. The minimum atomic E-state index is -1.10. The first-order valence-corrected chi connectivity index (χ1v) is 11.0. The zero-order valence-electron chi connectivity index (χ0n) is 18.0. The first-order chi connectivity index (χ1) is 15.5. The predicted octanol–water partition coefficient (Wildman–Crippen LogP) is 5.25. The van der Waals surface area contributed by atoms with Crippen molar-refractivity contribution >= 4 is 28.2 Å². The summed E-state index contributed by atoms with van der Waals surface area (Å²) in [7, 11) is 1.00. The fraction of sp³-hybridized carbons (Fsp3) is 0.280. The highest BCUT2D eigenvalue weighted by molar-refractivity contribution is 9.11. The van der Waals surface area contributed by atoms with Gasteiger partial charge in [-0.1, -0.05) is 58.9 Å². The second kappa shape index (κ2) is 12.3. The molecular formula is C25H27BrFNO4. The summed E-state index contributed by atoms with van der Waals surface area (Å²) in [5, 5.41) is 7.00. The zero-order chi connectivity index (χ0) is 23.6. The molecule has 1 saturated carbocycles. The summed E-state index contributed by atoms with van der Waals surface area (Å²) in [5.41, 5.74) is 3.19. The van der Waals surface area contributed by atoms with Crippen LogP contribution in [0.1, 0.15) is 31.2 Å². The summed E-state index contributed by atoms with van der Waals surface area (Å²) in [6.45, 7) is 3.90. The van der Waals surface area contributed by atoms with Crippen molar-refractivity contribution in [2.45, 2.75) is 37.6 Å². The van der Waals surface area contributed by atoms with E-state index in [1.165, 1.54) is 11.6 Å². The van der Waals surface area contributed by atoms with E-state index in [0.717, 1.165) is 56.4 Å². The van der Waals surface area contributed by atoms with Gasteiger partial charge in [0, 0.05) is 33.4 Å². The fourth-order valence-electron chi connectivity index (χ4n) is 4.09. The van der Waals surface area contributed by atoms with Crippen LogP contribution in [0.3, 0.4) is 0 Å². The Bertz CT molecular complexity index is 946. The molecule has 0 radical (unpaired) electrons. The number of halogens is 2. The number of hydrogen-bond acceptors (Lipinski definition) is 5. The lowest BCUT2D eigenvalue weighted by atomic mass is 9.67. The Morgan fingerprint density at radius 1 is 1.28 bits per heavy atom. The highest BCUT2D eigenvalue weighted by atomic mass is 79.9. The number of aliphatic hydroxyl groups is 1. The molecule has 3 rings (SSSR count). The molecule has 2 fully saturated rings. The maximum atomic E-state index is 12.6. The van der Waals surface area contributed by atoms with Crippen LogP contribution >= 0.6 is 15.9 Å². The molecule has 2 aliphatic rings. The van der Waals surface area contributed by atoms with E-state index in [-0.39, 0.29) is 5.54 Å². The third kappa shape index (κ3) is 6.14. The van der Waals surface area contributed by atoms with Gasteiger partial charge in [-0.15, -0.1) is 0 Å². The summed E-state index contributed by atoms with van der Waals surface area (Å²) in [4.78, 5) is 28.2. The third-order valence-electron chi connectivity index (χ3n) is 5.57. The van der Waals surface area contributed by atoms with Gasteiger partial charge in [-0.05, 0) is 55.4 Å². The van der Waals surface area contributed by atoms with Gasteiger partial charge in [0.25, 0.3) is 0 Å². The van der Waals surface area contributed by atoms with Crippen molar-refractivity contribution in [1.82, 2.24) is 4.90 Å². The van der Waals surface area contributed by atoms with E-state index in [1.807, 2.05) is 23.1 Å². The van der Waals surface area contributed by atoms with Crippen molar-refractivity contribution in [3.05, 3.63) is 94.3 Å². The minimum Gasteiger partial charge on any atom is -0.400 e. The number of nitrogens with zero attached hydrogens (tertiary/aromatic N) is 1. The van der Waals surface area contributed by atoms with Crippen LogP contribution in [0, 0.1) is 0 Å². The van der Waals surface area contributed by atoms with Crippen molar-refractivity contribution < 1.29 is 24.2 Å². The third-order valence-corrected chi connectivity index (χ3v) is 5.80. The standard InChI is InChI=1S/C24H23BrFNO3.CH4O/c1-18(25)15-21-20(10-9-19-7-3-2-4-8-19)17-24(11-5-12-24)27(13-6-14-28)22(21)16-23(29)30-26;1-2/h2-4,6-8,10,13-16H,1,5,9,11-12,17H2;2H,1H3/b13-6+,20-10-,21-15+,22-16-;. The number of allylic oxidation sites excluding steroid dienone is 5.